The highest BCUT2D eigenvalue weighted by atomic mass is 32.2. The zero-order valence-corrected chi connectivity index (χ0v) is 12.3. The number of sulfonamides is 1. The van der Waals surface area contributed by atoms with Gasteiger partial charge in [0.05, 0.1) is 17.9 Å². The van der Waals surface area contributed by atoms with Crippen molar-refractivity contribution in [2.24, 2.45) is 0 Å². The zero-order valence-electron chi connectivity index (χ0n) is 11.5. The van der Waals surface area contributed by atoms with E-state index in [0.717, 1.165) is 0 Å². The lowest BCUT2D eigenvalue weighted by molar-refractivity contribution is 0.0685. The van der Waals surface area contributed by atoms with E-state index in [2.05, 4.69) is 14.7 Å². The number of aromatic nitrogens is 2. The first kappa shape index (κ1) is 15.1. The van der Waals surface area contributed by atoms with Gasteiger partial charge in [-0.3, -0.25) is 0 Å². The van der Waals surface area contributed by atoms with Crippen LogP contribution in [0.4, 0.5) is 5.95 Å². The predicted molar refractivity (Wildman–Crippen MR) is 75.9 cm³/mol. The van der Waals surface area contributed by atoms with E-state index in [1.807, 2.05) is 4.90 Å². The van der Waals surface area contributed by atoms with Gasteiger partial charge in [0.1, 0.15) is 0 Å². The fraction of sp³-hybridized carbons (Fsp3) is 0.667. The van der Waals surface area contributed by atoms with Crippen molar-refractivity contribution in [2.75, 3.05) is 30.3 Å². The van der Waals surface area contributed by atoms with E-state index in [9.17, 15) is 13.5 Å². The molecule has 1 saturated heterocycles. The van der Waals surface area contributed by atoms with E-state index in [0.29, 0.717) is 31.9 Å². The zero-order chi connectivity index (χ0) is 14.6. The van der Waals surface area contributed by atoms with E-state index in [1.54, 1.807) is 25.4 Å². The van der Waals surface area contributed by atoms with Gasteiger partial charge in [-0.2, -0.15) is 0 Å². The Balaban J connectivity index is 1.94. The molecule has 0 unspecified atom stereocenters. The smallest absolute Gasteiger partial charge is 0.225 e. The molecule has 0 aliphatic carbocycles. The molecule has 0 saturated carbocycles. The summed E-state index contributed by atoms with van der Waals surface area (Å²) in [4.78, 5) is 10.1. The molecule has 1 atom stereocenters. The quantitative estimate of drug-likeness (QED) is 0.752. The molecule has 7 nitrogen and oxygen atoms in total. The van der Waals surface area contributed by atoms with Gasteiger partial charge < -0.3 is 10.0 Å². The summed E-state index contributed by atoms with van der Waals surface area (Å²) >= 11 is 0. The summed E-state index contributed by atoms with van der Waals surface area (Å²) in [6.07, 6.45) is 4.32. The molecule has 0 aromatic carbocycles. The van der Waals surface area contributed by atoms with Crippen LogP contribution in [0.25, 0.3) is 0 Å². The summed E-state index contributed by atoms with van der Waals surface area (Å²) in [5.41, 5.74) is -1.07. The Morgan fingerprint density at radius 3 is 2.80 bits per heavy atom. The number of β-amino-alcohol motifs (C(OH)–C–C–N with tert-alkyl or cyclic N) is 1. The van der Waals surface area contributed by atoms with E-state index < -0.39 is 15.6 Å². The fourth-order valence-electron chi connectivity index (χ4n) is 2.21. The Labute approximate surface area is 119 Å². The third kappa shape index (κ3) is 3.87. The Morgan fingerprint density at radius 2 is 2.15 bits per heavy atom. The molecule has 8 heteroatoms. The first-order chi connectivity index (χ1) is 9.44. The van der Waals surface area contributed by atoms with Crippen LogP contribution in [0.1, 0.15) is 19.8 Å². The number of aliphatic hydroxyl groups is 1. The standard InChI is InChI=1S/C12H20N4O3S/c1-2-8-20(18,19)15-9-12(17)4-7-16(10-12)11-13-5-3-6-14-11/h3,5-6,15,17H,2,4,7-10H2,1H3/t12-/m1/s1. The van der Waals surface area contributed by atoms with Crippen molar-refractivity contribution in [1.29, 1.82) is 0 Å². The predicted octanol–water partition coefficient (Wildman–Crippen LogP) is -0.253. The van der Waals surface area contributed by atoms with Crippen LogP contribution in [0.5, 0.6) is 0 Å². The topological polar surface area (TPSA) is 95.4 Å². The molecule has 0 bridgehead atoms. The third-order valence-electron chi connectivity index (χ3n) is 3.26. The van der Waals surface area contributed by atoms with E-state index in [-0.39, 0.29) is 12.3 Å². The Kier molecular flexibility index (Phi) is 4.56. The van der Waals surface area contributed by atoms with Gasteiger partial charge in [0.2, 0.25) is 16.0 Å². The SMILES string of the molecule is CCCS(=O)(=O)NC[C@]1(O)CCN(c2ncccn2)C1. The Bertz CT molecular complexity index is 537. The van der Waals surface area contributed by atoms with Crippen LogP contribution >= 0.6 is 0 Å². The molecule has 0 amide bonds. The number of rotatable bonds is 6. The van der Waals surface area contributed by atoms with Crippen LogP contribution in [0.2, 0.25) is 0 Å². The normalized spacial score (nSPS) is 23.2. The van der Waals surface area contributed by atoms with Crippen LogP contribution < -0.4 is 9.62 Å². The molecular weight excluding hydrogens is 280 g/mol. The van der Waals surface area contributed by atoms with Gasteiger partial charge in [0.25, 0.3) is 0 Å². The molecular formula is C12H20N4O3S. The van der Waals surface area contributed by atoms with Crippen LogP contribution in [0.15, 0.2) is 18.5 Å². The minimum absolute atomic E-state index is 0.0265. The van der Waals surface area contributed by atoms with Crippen LogP contribution in [-0.4, -0.2) is 54.5 Å². The number of anilines is 1. The summed E-state index contributed by atoms with van der Waals surface area (Å²) in [5, 5.41) is 10.4. The molecule has 1 aromatic rings. The summed E-state index contributed by atoms with van der Waals surface area (Å²) in [6.45, 7) is 2.76. The van der Waals surface area contributed by atoms with Crippen LogP contribution in [-0.2, 0) is 10.0 Å². The largest absolute Gasteiger partial charge is 0.387 e. The van der Waals surface area contributed by atoms with Crippen molar-refractivity contribution >= 4 is 16.0 Å². The minimum atomic E-state index is -3.30. The van der Waals surface area contributed by atoms with E-state index >= 15 is 0 Å². The lowest BCUT2D eigenvalue weighted by atomic mass is 10.0. The van der Waals surface area contributed by atoms with E-state index in [1.165, 1.54) is 0 Å². The lowest BCUT2D eigenvalue weighted by Gasteiger charge is -2.23. The first-order valence-electron chi connectivity index (χ1n) is 6.66. The average molecular weight is 300 g/mol. The maximum Gasteiger partial charge on any atom is 0.225 e. The molecule has 1 aliphatic heterocycles. The maximum absolute atomic E-state index is 11.6. The summed E-state index contributed by atoms with van der Waals surface area (Å²) in [5.74, 6) is 0.633. The monoisotopic (exact) mass is 300 g/mol. The van der Waals surface area contributed by atoms with Gasteiger partial charge in [-0.15, -0.1) is 0 Å². The van der Waals surface area contributed by atoms with Gasteiger partial charge in [0, 0.05) is 25.5 Å². The molecule has 1 fully saturated rings. The van der Waals surface area contributed by atoms with Gasteiger partial charge in [0.15, 0.2) is 0 Å². The van der Waals surface area contributed by atoms with E-state index in [4.69, 9.17) is 0 Å². The fourth-order valence-corrected chi connectivity index (χ4v) is 3.38. The summed E-state index contributed by atoms with van der Waals surface area (Å²) in [7, 11) is -3.30. The molecule has 1 aromatic heterocycles. The molecule has 20 heavy (non-hydrogen) atoms. The Morgan fingerprint density at radius 1 is 1.45 bits per heavy atom. The summed E-state index contributed by atoms with van der Waals surface area (Å²) < 4.78 is 25.7. The van der Waals surface area contributed by atoms with Gasteiger partial charge in [-0.1, -0.05) is 6.92 Å². The van der Waals surface area contributed by atoms with Crippen molar-refractivity contribution in [3.63, 3.8) is 0 Å². The molecule has 0 radical (unpaired) electrons. The second-order valence-electron chi connectivity index (χ2n) is 5.08. The van der Waals surface area contributed by atoms with Crippen molar-refractivity contribution < 1.29 is 13.5 Å². The van der Waals surface area contributed by atoms with Crippen molar-refractivity contribution in [1.82, 2.24) is 14.7 Å². The van der Waals surface area contributed by atoms with Gasteiger partial charge in [-0.25, -0.2) is 23.1 Å². The third-order valence-corrected chi connectivity index (χ3v) is 4.79. The second-order valence-corrected chi connectivity index (χ2v) is 7.01. The first-order valence-corrected chi connectivity index (χ1v) is 8.31. The maximum atomic E-state index is 11.6. The van der Waals surface area contributed by atoms with Crippen molar-refractivity contribution in [2.45, 2.75) is 25.4 Å². The lowest BCUT2D eigenvalue weighted by Crippen LogP contribution is -2.45. The number of hydrogen-bond acceptors (Lipinski definition) is 6. The van der Waals surface area contributed by atoms with Gasteiger partial charge >= 0.3 is 0 Å². The average Bonchev–Trinajstić information content (AvgIpc) is 2.81. The molecule has 1 aliphatic rings. The number of nitrogens with one attached hydrogen (secondary N) is 1. The van der Waals surface area contributed by atoms with Crippen LogP contribution in [0.3, 0.4) is 0 Å². The highest BCUT2D eigenvalue weighted by Crippen LogP contribution is 2.23. The minimum Gasteiger partial charge on any atom is -0.387 e. The number of hydrogen-bond donors (Lipinski definition) is 2. The van der Waals surface area contributed by atoms with Gasteiger partial charge in [-0.05, 0) is 18.9 Å². The molecule has 112 valence electrons. The molecule has 2 heterocycles. The number of nitrogens with zero attached hydrogens (tertiary/aromatic N) is 3. The summed E-state index contributed by atoms with van der Waals surface area (Å²) in [6, 6.07) is 1.73. The molecule has 2 rings (SSSR count). The van der Waals surface area contributed by atoms with Crippen molar-refractivity contribution in [3.8, 4) is 0 Å². The van der Waals surface area contributed by atoms with Crippen LogP contribution in [0, 0.1) is 0 Å². The molecule has 0 spiro atoms. The molecule has 2 N–H and O–H groups in total. The highest BCUT2D eigenvalue weighted by molar-refractivity contribution is 7.89. The highest BCUT2D eigenvalue weighted by Gasteiger charge is 2.37. The second kappa shape index (κ2) is 6.02. The Hall–Kier alpha value is -1.25. The van der Waals surface area contributed by atoms with Crippen molar-refractivity contribution in [3.05, 3.63) is 18.5 Å².